The summed E-state index contributed by atoms with van der Waals surface area (Å²) >= 11 is 3.17. The Bertz CT molecular complexity index is 846. The van der Waals surface area contributed by atoms with Gasteiger partial charge >= 0.3 is 0 Å². The Morgan fingerprint density at radius 1 is 1.12 bits per heavy atom. The van der Waals surface area contributed by atoms with Crippen LogP contribution < -0.4 is 10.1 Å². The van der Waals surface area contributed by atoms with Crippen LogP contribution in [0.2, 0.25) is 0 Å². The second-order valence-electron chi connectivity index (χ2n) is 5.36. The van der Waals surface area contributed by atoms with E-state index >= 15 is 0 Å². The summed E-state index contributed by atoms with van der Waals surface area (Å²) in [4.78, 5) is 17.7. The number of carbonyl (C=O) groups is 1. The Morgan fingerprint density at radius 2 is 1.80 bits per heavy atom. The van der Waals surface area contributed by atoms with E-state index in [0.29, 0.717) is 6.42 Å². The SMILES string of the molecule is CSc1nc(C)c(CC(=O)Nc2ccc(Oc3ccccc3)cc2)s1. The van der Waals surface area contributed by atoms with Gasteiger partial charge in [0.15, 0.2) is 0 Å². The molecule has 4 nitrogen and oxygen atoms in total. The quantitative estimate of drug-likeness (QED) is 0.610. The van der Waals surface area contributed by atoms with Crippen molar-refractivity contribution >= 4 is 34.7 Å². The Labute approximate surface area is 155 Å². The summed E-state index contributed by atoms with van der Waals surface area (Å²) in [5.41, 5.74) is 1.67. The third-order valence-electron chi connectivity index (χ3n) is 3.49. The lowest BCUT2D eigenvalue weighted by Gasteiger charge is -2.08. The zero-order chi connectivity index (χ0) is 17.6. The Balaban J connectivity index is 1.59. The standard InChI is InChI=1S/C19H18N2O2S2/c1-13-17(25-19(20-13)24-2)12-18(22)21-14-8-10-16(11-9-14)23-15-6-4-3-5-7-15/h3-11H,12H2,1-2H3,(H,21,22). The second-order valence-corrected chi connectivity index (χ2v) is 7.49. The van der Waals surface area contributed by atoms with E-state index in [-0.39, 0.29) is 5.91 Å². The number of amides is 1. The maximum Gasteiger partial charge on any atom is 0.229 e. The largest absolute Gasteiger partial charge is 0.457 e. The van der Waals surface area contributed by atoms with Crippen LogP contribution in [0.3, 0.4) is 0 Å². The first kappa shape index (κ1) is 17.5. The molecular weight excluding hydrogens is 352 g/mol. The number of aryl methyl sites for hydroxylation is 1. The first-order chi connectivity index (χ1) is 12.1. The second kappa shape index (κ2) is 8.18. The molecule has 0 aliphatic heterocycles. The van der Waals surface area contributed by atoms with E-state index in [2.05, 4.69) is 10.3 Å². The zero-order valence-electron chi connectivity index (χ0n) is 14.0. The predicted molar refractivity (Wildman–Crippen MR) is 104 cm³/mol. The topological polar surface area (TPSA) is 51.2 Å². The van der Waals surface area contributed by atoms with Crippen molar-refractivity contribution in [3.8, 4) is 11.5 Å². The molecule has 0 bridgehead atoms. The van der Waals surface area contributed by atoms with E-state index in [9.17, 15) is 4.79 Å². The van der Waals surface area contributed by atoms with Crippen LogP contribution in [0.15, 0.2) is 58.9 Å². The lowest BCUT2D eigenvalue weighted by molar-refractivity contribution is -0.115. The monoisotopic (exact) mass is 370 g/mol. The third-order valence-corrected chi connectivity index (χ3v) is 5.63. The molecular formula is C19H18N2O2S2. The van der Waals surface area contributed by atoms with Crippen LogP contribution in [-0.4, -0.2) is 17.1 Å². The summed E-state index contributed by atoms with van der Waals surface area (Å²) in [6, 6.07) is 16.9. The van der Waals surface area contributed by atoms with Crippen LogP contribution >= 0.6 is 23.1 Å². The molecule has 3 rings (SSSR count). The highest BCUT2D eigenvalue weighted by Gasteiger charge is 2.11. The van der Waals surface area contributed by atoms with Gasteiger partial charge in [-0.25, -0.2) is 4.98 Å². The van der Waals surface area contributed by atoms with Gasteiger partial charge in [0.05, 0.1) is 12.1 Å². The molecule has 1 N–H and O–H groups in total. The molecule has 0 fully saturated rings. The van der Waals surface area contributed by atoms with Crippen molar-refractivity contribution in [2.45, 2.75) is 17.7 Å². The van der Waals surface area contributed by atoms with Gasteiger partial charge in [0.25, 0.3) is 0 Å². The van der Waals surface area contributed by atoms with Gasteiger partial charge in [-0.15, -0.1) is 11.3 Å². The molecule has 0 aliphatic rings. The lowest BCUT2D eigenvalue weighted by Crippen LogP contribution is -2.14. The first-order valence-electron chi connectivity index (χ1n) is 7.77. The number of hydrogen-bond donors (Lipinski definition) is 1. The van der Waals surface area contributed by atoms with Crippen LogP contribution in [0.25, 0.3) is 0 Å². The number of thiazole rings is 1. The Hall–Kier alpha value is -2.31. The van der Waals surface area contributed by atoms with E-state index in [4.69, 9.17) is 4.74 Å². The number of thioether (sulfide) groups is 1. The fourth-order valence-corrected chi connectivity index (χ4v) is 3.89. The fraction of sp³-hybridized carbons (Fsp3) is 0.158. The molecule has 0 radical (unpaired) electrons. The van der Waals surface area contributed by atoms with E-state index in [1.165, 1.54) is 0 Å². The highest BCUT2D eigenvalue weighted by atomic mass is 32.2. The number of nitrogens with zero attached hydrogens (tertiary/aromatic N) is 1. The van der Waals surface area contributed by atoms with Crippen LogP contribution in [0.5, 0.6) is 11.5 Å². The molecule has 1 aromatic heterocycles. The summed E-state index contributed by atoms with van der Waals surface area (Å²) in [6.45, 7) is 1.94. The Kier molecular flexibility index (Phi) is 5.73. The number of nitrogens with one attached hydrogen (secondary N) is 1. The summed E-state index contributed by atoms with van der Waals surface area (Å²) in [5.74, 6) is 1.47. The van der Waals surface area contributed by atoms with Crippen molar-refractivity contribution in [3.05, 3.63) is 65.2 Å². The molecule has 0 spiro atoms. The van der Waals surface area contributed by atoms with E-state index in [1.54, 1.807) is 23.1 Å². The van der Waals surface area contributed by atoms with Crippen LogP contribution in [0.4, 0.5) is 5.69 Å². The van der Waals surface area contributed by atoms with Crippen molar-refractivity contribution in [1.82, 2.24) is 4.98 Å². The minimum atomic E-state index is -0.0452. The van der Waals surface area contributed by atoms with Gasteiger partial charge in [-0.05, 0) is 49.6 Å². The first-order valence-corrected chi connectivity index (χ1v) is 9.81. The number of benzene rings is 2. The van der Waals surface area contributed by atoms with Crippen LogP contribution in [0, 0.1) is 6.92 Å². The van der Waals surface area contributed by atoms with Gasteiger partial charge in [0.1, 0.15) is 15.8 Å². The normalized spacial score (nSPS) is 10.5. The molecule has 25 heavy (non-hydrogen) atoms. The van der Waals surface area contributed by atoms with Gasteiger partial charge in [0, 0.05) is 10.6 Å². The average molecular weight is 370 g/mol. The van der Waals surface area contributed by atoms with Gasteiger partial charge in [-0.3, -0.25) is 4.79 Å². The number of carbonyl (C=O) groups excluding carboxylic acids is 1. The summed E-state index contributed by atoms with van der Waals surface area (Å²) in [7, 11) is 0. The predicted octanol–water partition coefficient (Wildman–Crippen LogP) is 5.15. The molecule has 0 unspecified atom stereocenters. The fourth-order valence-electron chi connectivity index (χ4n) is 2.23. The maximum absolute atomic E-state index is 12.2. The van der Waals surface area contributed by atoms with E-state index < -0.39 is 0 Å². The van der Waals surface area contributed by atoms with Crippen molar-refractivity contribution in [2.24, 2.45) is 0 Å². The average Bonchev–Trinajstić information content (AvgIpc) is 2.97. The maximum atomic E-state index is 12.2. The molecule has 0 saturated carbocycles. The summed E-state index contributed by atoms with van der Waals surface area (Å²) in [6.07, 6.45) is 2.33. The number of anilines is 1. The molecule has 6 heteroatoms. The molecule has 0 saturated heterocycles. The molecule has 0 aliphatic carbocycles. The summed E-state index contributed by atoms with van der Waals surface area (Å²) in [5, 5.41) is 2.91. The number of hydrogen-bond acceptors (Lipinski definition) is 5. The molecule has 1 amide bonds. The van der Waals surface area contributed by atoms with Crippen LogP contribution in [0.1, 0.15) is 10.6 Å². The number of rotatable bonds is 6. The molecule has 2 aromatic carbocycles. The zero-order valence-corrected chi connectivity index (χ0v) is 15.6. The minimum Gasteiger partial charge on any atom is -0.457 e. The number of aromatic nitrogens is 1. The Morgan fingerprint density at radius 3 is 2.44 bits per heavy atom. The highest BCUT2D eigenvalue weighted by molar-refractivity contribution is 8.00. The third kappa shape index (κ3) is 4.84. The number of ether oxygens (including phenoxy) is 1. The van der Waals surface area contributed by atoms with Gasteiger partial charge < -0.3 is 10.1 Å². The molecule has 0 atom stereocenters. The van der Waals surface area contributed by atoms with Crippen molar-refractivity contribution in [1.29, 1.82) is 0 Å². The lowest BCUT2D eigenvalue weighted by atomic mass is 10.2. The van der Waals surface area contributed by atoms with E-state index in [1.807, 2.05) is 67.8 Å². The number of para-hydroxylation sites is 1. The minimum absolute atomic E-state index is 0.0452. The van der Waals surface area contributed by atoms with E-state index in [0.717, 1.165) is 32.1 Å². The molecule has 128 valence electrons. The molecule has 1 heterocycles. The summed E-state index contributed by atoms with van der Waals surface area (Å²) < 4.78 is 6.73. The van der Waals surface area contributed by atoms with Crippen LogP contribution in [-0.2, 0) is 11.2 Å². The highest BCUT2D eigenvalue weighted by Crippen LogP contribution is 2.26. The smallest absolute Gasteiger partial charge is 0.229 e. The van der Waals surface area contributed by atoms with Crippen molar-refractivity contribution < 1.29 is 9.53 Å². The van der Waals surface area contributed by atoms with Crippen molar-refractivity contribution in [2.75, 3.05) is 11.6 Å². The van der Waals surface area contributed by atoms with Gasteiger partial charge in [0.2, 0.25) is 5.91 Å². The molecule has 3 aromatic rings. The van der Waals surface area contributed by atoms with Gasteiger partial charge in [-0.2, -0.15) is 0 Å². The van der Waals surface area contributed by atoms with Crippen molar-refractivity contribution in [3.63, 3.8) is 0 Å². The van der Waals surface area contributed by atoms with Gasteiger partial charge in [-0.1, -0.05) is 30.0 Å².